The normalized spacial score (nSPS) is 12.6. The summed E-state index contributed by atoms with van der Waals surface area (Å²) in [7, 11) is -3.14. The van der Waals surface area contributed by atoms with Crippen LogP contribution in [0.15, 0.2) is 53.4 Å². The number of benzene rings is 2. The van der Waals surface area contributed by atoms with Gasteiger partial charge in [0.25, 0.3) is 0 Å². The second-order valence-corrected chi connectivity index (χ2v) is 7.59. The summed E-state index contributed by atoms with van der Waals surface area (Å²) in [5.41, 5.74) is 2.83. The van der Waals surface area contributed by atoms with E-state index in [0.717, 1.165) is 24.1 Å². The molecule has 4 nitrogen and oxygen atoms in total. The highest BCUT2D eigenvalue weighted by atomic mass is 32.2. The molecule has 0 spiro atoms. The van der Waals surface area contributed by atoms with E-state index in [-0.39, 0.29) is 6.04 Å². The fraction of sp³-hybridized carbons (Fsp3) is 0.278. The van der Waals surface area contributed by atoms with E-state index in [0.29, 0.717) is 10.5 Å². The summed E-state index contributed by atoms with van der Waals surface area (Å²) in [6.07, 6.45) is 2.02. The maximum Gasteiger partial charge on any atom is 0.175 e. The average Bonchev–Trinajstić information content (AvgIpc) is 2.54. The molecule has 0 aliphatic carbocycles. The zero-order valence-corrected chi connectivity index (χ0v) is 14.1. The maximum absolute atomic E-state index is 11.4. The van der Waals surface area contributed by atoms with Gasteiger partial charge >= 0.3 is 0 Å². The predicted molar refractivity (Wildman–Crippen MR) is 90.8 cm³/mol. The topological polar surface area (TPSA) is 70.0 Å². The monoisotopic (exact) mass is 328 g/mol. The molecule has 0 radical (unpaired) electrons. The lowest BCUT2D eigenvalue weighted by Gasteiger charge is -2.14. The van der Waals surface area contributed by atoms with Crippen LogP contribution >= 0.6 is 0 Å². The Balaban J connectivity index is 1.90. The zero-order valence-electron chi connectivity index (χ0n) is 13.3. The van der Waals surface area contributed by atoms with E-state index in [1.165, 1.54) is 6.26 Å². The standard InChI is InChI=1S/C18H20N2O2S/c1-14(17-5-3-4-16(12-17)13-19)20-11-10-15-6-8-18(9-7-15)23(2,21)22/h3-9,12,14,20H,10-11H2,1-2H3/t14-/m0/s1. The van der Waals surface area contributed by atoms with Crippen LogP contribution in [-0.2, 0) is 16.3 Å². The number of hydrogen-bond acceptors (Lipinski definition) is 4. The molecule has 120 valence electrons. The Morgan fingerprint density at radius 2 is 1.87 bits per heavy atom. The number of nitrogens with zero attached hydrogens (tertiary/aromatic N) is 1. The van der Waals surface area contributed by atoms with Crippen LogP contribution in [0.2, 0.25) is 0 Å². The summed E-state index contributed by atoms with van der Waals surface area (Å²) in [6, 6.07) is 16.8. The Morgan fingerprint density at radius 1 is 1.17 bits per heavy atom. The van der Waals surface area contributed by atoms with Crippen molar-refractivity contribution in [1.82, 2.24) is 5.32 Å². The molecule has 0 heterocycles. The molecular formula is C18H20N2O2S. The summed E-state index contributed by atoms with van der Waals surface area (Å²) >= 11 is 0. The molecule has 2 aromatic rings. The quantitative estimate of drug-likeness (QED) is 0.885. The number of nitrogens with one attached hydrogen (secondary N) is 1. The smallest absolute Gasteiger partial charge is 0.175 e. The fourth-order valence-electron chi connectivity index (χ4n) is 2.33. The molecule has 1 atom stereocenters. The Kier molecular flexibility index (Phi) is 5.54. The average molecular weight is 328 g/mol. The van der Waals surface area contributed by atoms with Gasteiger partial charge in [-0.2, -0.15) is 5.26 Å². The molecule has 0 aromatic heterocycles. The van der Waals surface area contributed by atoms with E-state index in [1.807, 2.05) is 30.3 Å². The molecule has 0 saturated heterocycles. The second kappa shape index (κ2) is 7.40. The molecule has 0 saturated carbocycles. The van der Waals surface area contributed by atoms with E-state index in [1.54, 1.807) is 18.2 Å². The van der Waals surface area contributed by atoms with E-state index in [2.05, 4.69) is 18.3 Å². The first-order valence-corrected chi connectivity index (χ1v) is 9.32. The van der Waals surface area contributed by atoms with Gasteiger partial charge < -0.3 is 5.32 Å². The lowest BCUT2D eigenvalue weighted by molar-refractivity contribution is 0.576. The van der Waals surface area contributed by atoms with E-state index < -0.39 is 9.84 Å². The van der Waals surface area contributed by atoms with Crippen molar-refractivity contribution in [2.45, 2.75) is 24.3 Å². The first-order valence-electron chi connectivity index (χ1n) is 7.42. The van der Waals surface area contributed by atoms with Crippen molar-refractivity contribution in [3.05, 3.63) is 65.2 Å². The third-order valence-corrected chi connectivity index (χ3v) is 4.86. The largest absolute Gasteiger partial charge is 0.310 e. The van der Waals surface area contributed by atoms with Crippen molar-refractivity contribution in [3.63, 3.8) is 0 Å². The van der Waals surface area contributed by atoms with Gasteiger partial charge in [-0.25, -0.2) is 8.42 Å². The highest BCUT2D eigenvalue weighted by Gasteiger charge is 2.07. The van der Waals surface area contributed by atoms with Gasteiger partial charge in [0, 0.05) is 12.3 Å². The summed E-state index contributed by atoms with van der Waals surface area (Å²) in [4.78, 5) is 0.343. The number of sulfone groups is 1. The number of hydrogen-bond donors (Lipinski definition) is 1. The van der Waals surface area contributed by atoms with E-state index >= 15 is 0 Å². The van der Waals surface area contributed by atoms with Crippen LogP contribution < -0.4 is 5.32 Å². The molecule has 0 fully saturated rings. The van der Waals surface area contributed by atoms with Gasteiger partial charge in [0.1, 0.15) is 0 Å². The van der Waals surface area contributed by atoms with Gasteiger partial charge in [0.05, 0.1) is 16.5 Å². The van der Waals surface area contributed by atoms with Crippen molar-refractivity contribution in [2.24, 2.45) is 0 Å². The first kappa shape index (κ1) is 17.2. The van der Waals surface area contributed by atoms with Gasteiger partial charge in [0.2, 0.25) is 0 Å². The zero-order chi connectivity index (χ0) is 16.9. The second-order valence-electron chi connectivity index (χ2n) is 5.58. The molecule has 2 rings (SSSR count). The molecule has 2 aromatic carbocycles. The summed E-state index contributed by atoms with van der Waals surface area (Å²) in [5.74, 6) is 0. The SMILES string of the molecule is C[C@H](NCCc1ccc(S(C)(=O)=O)cc1)c1cccc(C#N)c1. The van der Waals surface area contributed by atoms with Crippen LogP contribution in [0.5, 0.6) is 0 Å². The third kappa shape index (κ3) is 4.92. The predicted octanol–water partition coefficient (Wildman–Crippen LogP) is 2.86. The minimum Gasteiger partial charge on any atom is -0.310 e. The minimum absolute atomic E-state index is 0.151. The molecule has 0 aliphatic heterocycles. The highest BCUT2D eigenvalue weighted by Crippen LogP contribution is 2.14. The van der Waals surface area contributed by atoms with Gasteiger partial charge in [-0.05, 0) is 55.3 Å². The van der Waals surface area contributed by atoms with Crippen molar-refractivity contribution < 1.29 is 8.42 Å². The van der Waals surface area contributed by atoms with E-state index in [4.69, 9.17) is 5.26 Å². The molecule has 0 aliphatic rings. The Morgan fingerprint density at radius 3 is 2.48 bits per heavy atom. The number of nitriles is 1. The molecular weight excluding hydrogens is 308 g/mol. The molecule has 1 N–H and O–H groups in total. The fourth-order valence-corrected chi connectivity index (χ4v) is 2.96. The summed E-state index contributed by atoms with van der Waals surface area (Å²) < 4.78 is 22.8. The van der Waals surface area contributed by atoms with Crippen molar-refractivity contribution >= 4 is 9.84 Å². The van der Waals surface area contributed by atoms with Crippen LogP contribution in [0, 0.1) is 11.3 Å². The van der Waals surface area contributed by atoms with Crippen LogP contribution in [0.25, 0.3) is 0 Å². The van der Waals surface area contributed by atoms with Crippen LogP contribution in [0.3, 0.4) is 0 Å². The molecule has 0 unspecified atom stereocenters. The molecule has 0 bridgehead atoms. The van der Waals surface area contributed by atoms with E-state index in [9.17, 15) is 8.42 Å². The lowest BCUT2D eigenvalue weighted by Crippen LogP contribution is -2.21. The highest BCUT2D eigenvalue weighted by molar-refractivity contribution is 7.90. The minimum atomic E-state index is -3.14. The Hall–Kier alpha value is -2.16. The lowest BCUT2D eigenvalue weighted by atomic mass is 10.1. The van der Waals surface area contributed by atoms with Crippen molar-refractivity contribution in [2.75, 3.05) is 12.8 Å². The van der Waals surface area contributed by atoms with Crippen LogP contribution in [-0.4, -0.2) is 21.2 Å². The van der Waals surface area contributed by atoms with Gasteiger partial charge in [-0.1, -0.05) is 24.3 Å². The summed E-state index contributed by atoms with van der Waals surface area (Å²) in [5, 5.41) is 12.4. The summed E-state index contributed by atoms with van der Waals surface area (Å²) in [6.45, 7) is 2.83. The Bertz CT molecular complexity index is 806. The van der Waals surface area contributed by atoms with Crippen LogP contribution in [0.1, 0.15) is 29.7 Å². The first-order chi connectivity index (χ1) is 10.9. The number of rotatable bonds is 6. The Labute approximate surface area is 137 Å². The molecule has 23 heavy (non-hydrogen) atoms. The third-order valence-electron chi connectivity index (χ3n) is 3.73. The van der Waals surface area contributed by atoms with Gasteiger partial charge in [-0.15, -0.1) is 0 Å². The molecule has 5 heteroatoms. The molecule has 0 amide bonds. The van der Waals surface area contributed by atoms with Gasteiger partial charge in [0.15, 0.2) is 9.84 Å². The van der Waals surface area contributed by atoms with Gasteiger partial charge in [-0.3, -0.25) is 0 Å². The van der Waals surface area contributed by atoms with Crippen molar-refractivity contribution in [1.29, 1.82) is 5.26 Å². The maximum atomic E-state index is 11.4. The van der Waals surface area contributed by atoms with Crippen LogP contribution in [0.4, 0.5) is 0 Å². The van der Waals surface area contributed by atoms with Crippen molar-refractivity contribution in [3.8, 4) is 6.07 Å².